The van der Waals surface area contributed by atoms with Gasteiger partial charge in [-0.2, -0.15) is 0 Å². The number of anilines is 1. The smallest absolute Gasteiger partial charge is 0.300 e. The lowest BCUT2D eigenvalue weighted by molar-refractivity contribution is -0.132. The number of amides is 1. The number of rotatable bonds is 5. The molecule has 2 aliphatic heterocycles. The van der Waals surface area contributed by atoms with E-state index >= 15 is 0 Å². The van der Waals surface area contributed by atoms with E-state index in [0.717, 1.165) is 5.56 Å². The molecule has 0 saturated carbocycles. The van der Waals surface area contributed by atoms with Crippen LogP contribution in [0.3, 0.4) is 0 Å². The van der Waals surface area contributed by atoms with Crippen LogP contribution < -0.4 is 19.1 Å². The van der Waals surface area contributed by atoms with Gasteiger partial charge in [-0.25, -0.2) is 0 Å². The molecule has 5 rings (SSSR count). The van der Waals surface area contributed by atoms with E-state index < -0.39 is 17.7 Å². The molecule has 3 aromatic carbocycles. The quantitative estimate of drug-likeness (QED) is 0.320. The summed E-state index contributed by atoms with van der Waals surface area (Å²) < 4.78 is 16.4. The fourth-order valence-electron chi connectivity index (χ4n) is 4.29. The van der Waals surface area contributed by atoms with E-state index in [0.29, 0.717) is 34.9 Å². The topological polar surface area (TPSA) is 106 Å². The third kappa shape index (κ3) is 3.82. The summed E-state index contributed by atoms with van der Waals surface area (Å²) in [5.41, 5.74) is 2.21. The Morgan fingerprint density at radius 3 is 2.51 bits per heavy atom. The third-order valence-corrected chi connectivity index (χ3v) is 6.00. The molecule has 3 aromatic rings. The van der Waals surface area contributed by atoms with E-state index in [9.17, 15) is 19.8 Å². The average Bonchev–Trinajstić information content (AvgIpc) is 3.42. The minimum absolute atomic E-state index is 0.0597. The zero-order chi connectivity index (χ0) is 24.7. The number of hydrogen-bond donors (Lipinski definition) is 2. The van der Waals surface area contributed by atoms with Crippen molar-refractivity contribution in [3.05, 3.63) is 82.9 Å². The van der Waals surface area contributed by atoms with E-state index in [-0.39, 0.29) is 29.6 Å². The van der Waals surface area contributed by atoms with Crippen LogP contribution in [0.5, 0.6) is 23.0 Å². The predicted molar refractivity (Wildman–Crippen MR) is 128 cm³/mol. The normalized spacial score (nSPS) is 18.2. The maximum atomic E-state index is 13.3. The van der Waals surface area contributed by atoms with Crippen LogP contribution in [0.25, 0.3) is 5.76 Å². The maximum Gasteiger partial charge on any atom is 0.300 e. The molecule has 2 N–H and O–H groups in total. The molecule has 8 heteroatoms. The number of aliphatic hydroxyl groups is 1. The summed E-state index contributed by atoms with van der Waals surface area (Å²) in [5, 5.41) is 21.4. The minimum Gasteiger partial charge on any atom is -0.507 e. The van der Waals surface area contributed by atoms with Gasteiger partial charge in [0.15, 0.2) is 23.0 Å². The van der Waals surface area contributed by atoms with Gasteiger partial charge in [0.25, 0.3) is 11.7 Å². The second-order valence-corrected chi connectivity index (χ2v) is 8.23. The van der Waals surface area contributed by atoms with Crippen LogP contribution in [-0.4, -0.2) is 35.3 Å². The first-order valence-corrected chi connectivity index (χ1v) is 11.1. The summed E-state index contributed by atoms with van der Waals surface area (Å²) in [6, 6.07) is 15.6. The molecule has 8 nitrogen and oxygen atoms in total. The van der Waals surface area contributed by atoms with Crippen molar-refractivity contribution in [1.29, 1.82) is 0 Å². The fraction of sp³-hybridized carbons (Fsp3) is 0.185. The van der Waals surface area contributed by atoms with Gasteiger partial charge in [-0.15, -0.1) is 0 Å². The molecule has 1 saturated heterocycles. The molecule has 0 aromatic heterocycles. The van der Waals surface area contributed by atoms with Crippen LogP contribution in [0.2, 0.25) is 0 Å². The van der Waals surface area contributed by atoms with E-state index in [4.69, 9.17) is 14.2 Å². The zero-order valence-electron chi connectivity index (χ0n) is 19.1. The van der Waals surface area contributed by atoms with Crippen molar-refractivity contribution >= 4 is 23.1 Å². The Kier molecular flexibility index (Phi) is 5.56. The van der Waals surface area contributed by atoms with Gasteiger partial charge >= 0.3 is 0 Å². The number of ketones is 1. The van der Waals surface area contributed by atoms with Gasteiger partial charge in [0.1, 0.15) is 5.76 Å². The SMILES string of the molecule is CCOc1cc(C2/C(=C(\O)c3ccc(C)cc3)C(=O)C(=O)N2c2ccc3c(c2)OCO3)ccc1O. The molecular formula is C27H23NO7. The van der Waals surface area contributed by atoms with Crippen LogP contribution >= 0.6 is 0 Å². The van der Waals surface area contributed by atoms with Gasteiger partial charge < -0.3 is 24.4 Å². The van der Waals surface area contributed by atoms with E-state index in [2.05, 4.69) is 0 Å². The molecule has 1 unspecified atom stereocenters. The molecule has 0 radical (unpaired) electrons. The molecular weight excluding hydrogens is 450 g/mol. The Morgan fingerprint density at radius 2 is 1.77 bits per heavy atom. The lowest BCUT2D eigenvalue weighted by Gasteiger charge is -2.26. The molecule has 1 fully saturated rings. The fourth-order valence-corrected chi connectivity index (χ4v) is 4.29. The molecule has 2 heterocycles. The molecule has 35 heavy (non-hydrogen) atoms. The lowest BCUT2D eigenvalue weighted by Crippen LogP contribution is -2.29. The van der Waals surface area contributed by atoms with Gasteiger partial charge in [0.2, 0.25) is 6.79 Å². The molecule has 1 amide bonds. The highest BCUT2D eigenvalue weighted by molar-refractivity contribution is 6.51. The number of ether oxygens (including phenoxy) is 3. The Balaban J connectivity index is 1.71. The van der Waals surface area contributed by atoms with Crippen molar-refractivity contribution in [2.45, 2.75) is 19.9 Å². The van der Waals surface area contributed by atoms with Gasteiger partial charge in [-0.1, -0.05) is 35.9 Å². The largest absolute Gasteiger partial charge is 0.507 e. The number of nitrogens with zero attached hydrogens (tertiary/aromatic N) is 1. The molecule has 2 aliphatic rings. The van der Waals surface area contributed by atoms with E-state index in [1.54, 1.807) is 49.4 Å². The summed E-state index contributed by atoms with van der Waals surface area (Å²) in [6.07, 6.45) is 0. The molecule has 1 atom stereocenters. The third-order valence-electron chi connectivity index (χ3n) is 6.00. The maximum absolute atomic E-state index is 13.3. The van der Waals surface area contributed by atoms with Crippen LogP contribution in [0, 0.1) is 6.92 Å². The Bertz CT molecular complexity index is 1360. The summed E-state index contributed by atoms with van der Waals surface area (Å²) in [5.74, 6) is -0.800. The minimum atomic E-state index is -0.975. The monoisotopic (exact) mass is 473 g/mol. The first kappa shape index (κ1) is 22.3. The van der Waals surface area contributed by atoms with Gasteiger partial charge in [-0.05, 0) is 43.7 Å². The molecule has 0 aliphatic carbocycles. The van der Waals surface area contributed by atoms with Crippen molar-refractivity contribution in [1.82, 2.24) is 0 Å². The van der Waals surface area contributed by atoms with Crippen molar-refractivity contribution in [3.8, 4) is 23.0 Å². The first-order chi connectivity index (χ1) is 16.9. The Hall–Kier alpha value is -4.46. The van der Waals surface area contributed by atoms with E-state index in [1.807, 2.05) is 19.1 Å². The second-order valence-electron chi connectivity index (χ2n) is 8.23. The van der Waals surface area contributed by atoms with Crippen molar-refractivity contribution in [2.24, 2.45) is 0 Å². The Labute approximate surface area is 201 Å². The zero-order valence-corrected chi connectivity index (χ0v) is 19.1. The number of benzene rings is 3. The number of phenols is 1. The van der Waals surface area contributed by atoms with Gasteiger partial charge in [0.05, 0.1) is 18.2 Å². The summed E-state index contributed by atoms with van der Waals surface area (Å²) in [6.45, 7) is 4.06. The summed E-state index contributed by atoms with van der Waals surface area (Å²) in [4.78, 5) is 28.0. The predicted octanol–water partition coefficient (Wildman–Crippen LogP) is 4.45. The lowest BCUT2D eigenvalue weighted by atomic mass is 9.94. The van der Waals surface area contributed by atoms with Gasteiger partial charge in [-0.3, -0.25) is 14.5 Å². The number of aromatic hydroxyl groups is 1. The highest BCUT2D eigenvalue weighted by Gasteiger charge is 2.47. The number of hydrogen-bond acceptors (Lipinski definition) is 7. The number of Topliss-reactive ketones (excluding diaryl/α,β-unsaturated/α-hetero) is 1. The van der Waals surface area contributed by atoms with Crippen LogP contribution in [-0.2, 0) is 9.59 Å². The molecule has 178 valence electrons. The Morgan fingerprint density at radius 1 is 1.03 bits per heavy atom. The molecule has 0 spiro atoms. The van der Waals surface area contributed by atoms with Crippen molar-refractivity contribution in [2.75, 3.05) is 18.3 Å². The number of phenolic OH excluding ortho intramolecular Hbond substituents is 1. The van der Waals surface area contributed by atoms with Gasteiger partial charge in [0, 0.05) is 17.3 Å². The molecule has 0 bridgehead atoms. The first-order valence-electron chi connectivity index (χ1n) is 11.1. The van der Waals surface area contributed by atoms with Crippen LogP contribution in [0.1, 0.15) is 29.7 Å². The standard InChI is InChI=1S/C27H23NO7/c1-3-33-21-12-17(8-10-19(21)29)24-23(25(30)16-6-4-15(2)5-7-16)26(31)27(32)28(24)18-9-11-20-22(13-18)35-14-34-20/h4-13,24,29-30H,3,14H2,1-2H3/b25-23+. The summed E-state index contributed by atoms with van der Waals surface area (Å²) >= 11 is 0. The number of carbonyl (C=O) groups excluding carboxylic acids is 2. The van der Waals surface area contributed by atoms with Crippen LogP contribution in [0.15, 0.2) is 66.2 Å². The number of carbonyl (C=O) groups is 2. The summed E-state index contributed by atoms with van der Waals surface area (Å²) in [7, 11) is 0. The van der Waals surface area contributed by atoms with Crippen molar-refractivity contribution in [3.63, 3.8) is 0 Å². The van der Waals surface area contributed by atoms with E-state index in [1.165, 1.54) is 11.0 Å². The number of fused-ring (bicyclic) bond motifs is 1. The van der Waals surface area contributed by atoms with Crippen molar-refractivity contribution < 1.29 is 34.0 Å². The number of aryl methyl sites for hydroxylation is 1. The highest BCUT2D eigenvalue weighted by Crippen LogP contribution is 2.46. The second kappa shape index (κ2) is 8.72. The average molecular weight is 473 g/mol. The van der Waals surface area contributed by atoms with Crippen LogP contribution in [0.4, 0.5) is 5.69 Å². The highest BCUT2D eigenvalue weighted by atomic mass is 16.7. The number of aliphatic hydroxyl groups excluding tert-OH is 1.